The Bertz CT molecular complexity index is 307. The molecule has 2 fully saturated rings. The highest BCUT2D eigenvalue weighted by Gasteiger charge is 2.27. The van der Waals surface area contributed by atoms with Crippen LogP contribution in [0.15, 0.2) is 0 Å². The Hall–Kier alpha value is -1.10. The van der Waals surface area contributed by atoms with Gasteiger partial charge in [-0.3, -0.25) is 9.59 Å². The summed E-state index contributed by atoms with van der Waals surface area (Å²) in [5.74, 6) is 0.0967. The average molecular weight is 253 g/mol. The van der Waals surface area contributed by atoms with Crippen LogP contribution < -0.4 is 10.6 Å². The van der Waals surface area contributed by atoms with E-state index in [1.54, 1.807) is 6.92 Å². The Labute approximate surface area is 108 Å². The molecule has 18 heavy (non-hydrogen) atoms. The quantitative estimate of drug-likeness (QED) is 0.750. The summed E-state index contributed by atoms with van der Waals surface area (Å²) in [4.78, 5) is 25.9. The minimum Gasteiger partial charge on any atom is -0.344 e. The number of nitrogens with zero attached hydrogens (tertiary/aromatic N) is 1. The summed E-state index contributed by atoms with van der Waals surface area (Å²) in [5, 5.41) is 6.07. The second-order valence-corrected chi connectivity index (χ2v) is 5.31. The molecule has 0 aliphatic carbocycles. The molecule has 5 nitrogen and oxygen atoms in total. The zero-order chi connectivity index (χ0) is 13.0. The van der Waals surface area contributed by atoms with Crippen molar-refractivity contribution in [2.24, 2.45) is 5.92 Å². The number of nitrogens with one attached hydrogen (secondary N) is 2. The van der Waals surface area contributed by atoms with Crippen LogP contribution in [0.25, 0.3) is 0 Å². The average Bonchev–Trinajstić information content (AvgIpc) is 2.92. The van der Waals surface area contributed by atoms with Crippen LogP contribution in [0.3, 0.4) is 0 Å². The van der Waals surface area contributed by atoms with Gasteiger partial charge in [-0.2, -0.15) is 0 Å². The van der Waals surface area contributed by atoms with Crippen LogP contribution in [-0.4, -0.2) is 48.9 Å². The molecular weight excluding hydrogens is 230 g/mol. The van der Waals surface area contributed by atoms with E-state index in [0.717, 1.165) is 51.9 Å². The van der Waals surface area contributed by atoms with Crippen LogP contribution in [0.5, 0.6) is 0 Å². The lowest BCUT2D eigenvalue weighted by molar-refractivity contribution is -0.136. The SMILES string of the molecule is CC(NC(=O)[C@@H]1CCCNC1)C(=O)N1CCCC1. The molecule has 0 radical (unpaired) electrons. The number of hydrogen-bond acceptors (Lipinski definition) is 3. The van der Waals surface area contributed by atoms with Crippen molar-refractivity contribution >= 4 is 11.8 Å². The Balaban J connectivity index is 1.80. The second kappa shape index (κ2) is 6.18. The maximum absolute atomic E-state index is 12.1. The summed E-state index contributed by atoms with van der Waals surface area (Å²) in [7, 11) is 0. The van der Waals surface area contributed by atoms with E-state index in [-0.39, 0.29) is 17.7 Å². The summed E-state index contributed by atoms with van der Waals surface area (Å²) in [6.45, 7) is 5.19. The van der Waals surface area contributed by atoms with Crippen molar-refractivity contribution in [3.05, 3.63) is 0 Å². The van der Waals surface area contributed by atoms with Gasteiger partial charge in [-0.1, -0.05) is 0 Å². The highest BCUT2D eigenvalue weighted by Crippen LogP contribution is 2.12. The van der Waals surface area contributed by atoms with E-state index in [1.807, 2.05) is 4.90 Å². The van der Waals surface area contributed by atoms with E-state index >= 15 is 0 Å². The van der Waals surface area contributed by atoms with E-state index in [1.165, 1.54) is 0 Å². The molecule has 2 aliphatic heterocycles. The first kappa shape index (κ1) is 13.3. The van der Waals surface area contributed by atoms with Crippen LogP contribution in [0.4, 0.5) is 0 Å². The van der Waals surface area contributed by atoms with E-state index in [2.05, 4.69) is 10.6 Å². The topological polar surface area (TPSA) is 61.4 Å². The number of piperidine rings is 1. The van der Waals surface area contributed by atoms with Crippen molar-refractivity contribution in [3.63, 3.8) is 0 Å². The summed E-state index contributed by atoms with van der Waals surface area (Å²) in [6, 6.07) is -0.391. The van der Waals surface area contributed by atoms with Gasteiger partial charge in [0.1, 0.15) is 6.04 Å². The molecule has 102 valence electrons. The van der Waals surface area contributed by atoms with Crippen molar-refractivity contribution in [2.45, 2.75) is 38.6 Å². The van der Waals surface area contributed by atoms with Crippen molar-refractivity contribution < 1.29 is 9.59 Å². The molecule has 2 heterocycles. The summed E-state index contributed by atoms with van der Waals surface area (Å²) in [5.41, 5.74) is 0. The second-order valence-electron chi connectivity index (χ2n) is 5.31. The number of rotatable bonds is 3. The molecule has 5 heteroatoms. The molecular formula is C13H23N3O2. The van der Waals surface area contributed by atoms with Gasteiger partial charge in [-0.05, 0) is 39.2 Å². The third-order valence-electron chi connectivity index (χ3n) is 3.81. The molecule has 0 spiro atoms. The molecule has 1 unspecified atom stereocenters. The Morgan fingerprint density at radius 1 is 1.28 bits per heavy atom. The van der Waals surface area contributed by atoms with Gasteiger partial charge < -0.3 is 15.5 Å². The van der Waals surface area contributed by atoms with Crippen LogP contribution in [-0.2, 0) is 9.59 Å². The largest absolute Gasteiger partial charge is 0.344 e. The van der Waals surface area contributed by atoms with Gasteiger partial charge in [0.15, 0.2) is 0 Å². The van der Waals surface area contributed by atoms with E-state index in [4.69, 9.17) is 0 Å². The van der Waals surface area contributed by atoms with Crippen LogP contribution >= 0.6 is 0 Å². The van der Waals surface area contributed by atoms with Crippen molar-refractivity contribution in [2.75, 3.05) is 26.2 Å². The fourth-order valence-electron chi connectivity index (χ4n) is 2.68. The van der Waals surface area contributed by atoms with E-state index in [0.29, 0.717) is 0 Å². The first-order valence-corrected chi connectivity index (χ1v) is 6.98. The number of carbonyl (C=O) groups excluding carboxylic acids is 2. The molecule has 2 atom stereocenters. The maximum Gasteiger partial charge on any atom is 0.244 e. The first-order chi connectivity index (χ1) is 8.68. The lowest BCUT2D eigenvalue weighted by atomic mass is 9.98. The smallest absolute Gasteiger partial charge is 0.244 e. The number of hydrogen-bond donors (Lipinski definition) is 2. The number of amides is 2. The molecule has 0 saturated carbocycles. The highest BCUT2D eigenvalue weighted by atomic mass is 16.2. The normalized spacial score (nSPS) is 25.8. The molecule has 2 saturated heterocycles. The van der Waals surface area contributed by atoms with Crippen molar-refractivity contribution in [1.82, 2.24) is 15.5 Å². The molecule has 2 rings (SSSR count). The molecule has 0 aromatic carbocycles. The fourth-order valence-corrected chi connectivity index (χ4v) is 2.68. The Kier molecular flexibility index (Phi) is 4.58. The van der Waals surface area contributed by atoms with Gasteiger partial charge in [-0.15, -0.1) is 0 Å². The van der Waals surface area contributed by atoms with Gasteiger partial charge >= 0.3 is 0 Å². The first-order valence-electron chi connectivity index (χ1n) is 6.98. The monoisotopic (exact) mass is 253 g/mol. The zero-order valence-electron chi connectivity index (χ0n) is 11.1. The fraction of sp³-hybridized carbons (Fsp3) is 0.846. The van der Waals surface area contributed by atoms with Crippen LogP contribution in [0.2, 0.25) is 0 Å². The van der Waals surface area contributed by atoms with Crippen LogP contribution in [0, 0.1) is 5.92 Å². The van der Waals surface area contributed by atoms with Gasteiger partial charge in [0.2, 0.25) is 11.8 Å². The van der Waals surface area contributed by atoms with Crippen molar-refractivity contribution in [3.8, 4) is 0 Å². The summed E-state index contributed by atoms with van der Waals surface area (Å²) >= 11 is 0. The van der Waals surface area contributed by atoms with E-state index in [9.17, 15) is 9.59 Å². The number of carbonyl (C=O) groups is 2. The standard InChI is InChI=1S/C13H23N3O2/c1-10(13(18)16-7-2-3-8-16)15-12(17)11-5-4-6-14-9-11/h10-11,14H,2-9H2,1H3,(H,15,17)/t10?,11-/m1/s1. The van der Waals surface area contributed by atoms with Gasteiger partial charge in [0, 0.05) is 19.6 Å². The zero-order valence-corrected chi connectivity index (χ0v) is 11.1. The molecule has 0 aromatic rings. The van der Waals surface area contributed by atoms with Crippen LogP contribution in [0.1, 0.15) is 32.6 Å². The summed E-state index contributed by atoms with van der Waals surface area (Å²) in [6.07, 6.45) is 4.12. The predicted molar refractivity (Wildman–Crippen MR) is 69.0 cm³/mol. The third-order valence-corrected chi connectivity index (χ3v) is 3.81. The summed E-state index contributed by atoms with van der Waals surface area (Å²) < 4.78 is 0. The van der Waals surface area contributed by atoms with Gasteiger partial charge in [-0.25, -0.2) is 0 Å². The molecule has 2 aliphatic rings. The van der Waals surface area contributed by atoms with Crippen molar-refractivity contribution in [1.29, 1.82) is 0 Å². The van der Waals surface area contributed by atoms with Gasteiger partial charge in [0.05, 0.1) is 5.92 Å². The Morgan fingerprint density at radius 2 is 2.00 bits per heavy atom. The molecule has 0 bridgehead atoms. The van der Waals surface area contributed by atoms with E-state index < -0.39 is 6.04 Å². The lowest BCUT2D eigenvalue weighted by Crippen LogP contribution is -2.49. The highest BCUT2D eigenvalue weighted by molar-refractivity contribution is 5.88. The van der Waals surface area contributed by atoms with Gasteiger partial charge in [0.25, 0.3) is 0 Å². The minimum atomic E-state index is -0.391. The minimum absolute atomic E-state index is 0.0160. The molecule has 0 aromatic heterocycles. The Morgan fingerprint density at radius 3 is 2.61 bits per heavy atom. The lowest BCUT2D eigenvalue weighted by Gasteiger charge is -2.25. The molecule has 2 amide bonds. The number of likely N-dealkylation sites (tertiary alicyclic amines) is 1. The molecule has 2 N–H and O–H groups in total. The predicted octanol–water partition coefficient (Wildman–Crippen LogP) is 0.113. The maximum atomic E-state index is 12.1. The third kappa shape index (κ3) is 3.22.